The van der Waals surface area contributed by atoms with E-state index in [9.17, 15) is 29.8 Å². The number of benzene rings is 4. The molecule has 6 aromatic rings. The van der Waals surface area contributed by atoms with Gasteiger partial charge in [0.25, 0.3) is 5.56 Å². The lowest BCUT2D eigenvalue weighted by atomic mass is 9.77. The van der Waals surface area contributed by atoms with E-state index in [0.717, 1.165) is 32.3 Å². The smallest absolute Gasteiger partial charge is 0.390 e. The Kier molecular flexibility index (Phi) is 6.71. The van der Waals surface area contributed by atoms with Crippen LogP contribution in [0.15, 0.2) is 59.7 Å². The van der Waals surface area contributed by atoms with Gasteiger partial charge in [0.15, 0.2) is 11.2 Å². The summed E-state index contributed by atoms with van der Waals surface area (Å²) in [5, 5.41) is 52.5. The van der Waals surface area contributed by atoms with E-state index >= 15 is 0 Å². The third-order valence-corrected chi connectivity index (χ3v) is 9.50. The molecule has 1 saturated heterocycles. The summed E-state index contributed by atoms with van der Waals surface area (Å²) in [7, 11) is -4.79. The molecule has 46 heavy (non-hydrogen) atoms. The molecule has 0 unspecified atom stereocenters. The van der Waals surface area contributed by atoms with Crippen molar-refractivity contribution in [2.75, 3.05) is 11.9 Å². The molecule has 238 valence electrons. The third kappa shape index (κ3) is 4.59. The fourth-order valence-electron chi connectivity index (χ4n) is 6.90. The van der Waals surface area contributed by atoms with E-state index in [2.05, 4.69) is 24.8 Å². The van der Waals surface area contributed by atoms with E-state index in [4.69, 9.17) is 14.5 Å². The van der Waals surface area contributed by atoms with E-state index in [-0.39, 0.29) is 23.5 Å². The molecule has 1 aliphatic heterocycles. The first-order valence-corrected chi connectivity index (χ1v) is 16.0. The van der Waals surface area contributed by atoms with Gasteiger partial charge in [0, 0.05) is 6.42 Å². The number of ether oxygens (including phenoxy) is 1. The Hall–Kier alpha value is -4.02. The minimum Gasteiger partial charge on any atom is -0.390 e. The van der Waals surface area contributed by atoms with Crippen LogP contribution in [0.4, 0.5) is 5.95 Å². The summed E-state index contributed by atoms with van der Waals surface area (Å²) in [5.41, 5.74) is 0.379. The van der Waals surface area contributed by atoms with Gasteiger partial charge in [0.1, 0.15) is 30.6 Å². The number of nitrogens with one attached hydrogen (secondary N) is 2. The molecule has 0 saturated carbocycles. The summed E-state index contributed by atoms with van der Waals surface area (Å²) >= 11 is 0. The van der Waals surface area contributed by atoms with Gasteiger partial charge in [-0.05, 0) is 49.5 Å². The van der Waals surface area contributed by atoms with Crippen molar-refractivity contribution >= 4 is 57.3 Å². The van der Waals surface area contributed by atoms with Gasteiger partial charge >= 0.3 is 7.82 Å². The summed E-state index contributed by atoms with van der Waals surface area (Å²) in [6.45, 7) is -0.565. The summed E-state index contributed by atoms with van der Waals surface area (Å²) in [4.78, 5) is 42.5. The molecule has 2 aromatic heterocycles. The van der Waals surface area contributed by atoms with Crippen molar-refractivity contribution < 1.29 is 44.0 Å². The van der Waals surface area contributed by atoms with Crippen molar-refractivity contribution in [1.29, 1.82) is 0 Å². The van der Waals surface area contributed by atoms with Crippen molar-refractivity contribution in [3.8, 4) is 0 Å². The predicted octanol–water partition coefficient (Wildman–Crippen LogP) is 1.70. The van der Waals surface area contributed by atoms with Crippen LogP contribution in [0.1, 0.15) is 35.9 Å². The van der Waals surface area contributed by atoms with Crippen LogP contribution in [-0.2, 0) is 13.8 Å². The van der Waals surface area contributed by atoms with Gasteiger partial charge in [-0.1, -0.05) is 42.5 Å². The molecule has 8 N–H and O–H groups in total. The molecular formula is C30H28N5O10P. The molecule has 0 spiro atoms. The Morgan fingerprint density at radius 3 is 2.52 bits per heavy atom. The van der Waals surface area contributed by atoms with Crippen LogP contribution in [-0.4, -0.2) is 80.8 Å². The first kappa shape index (κ1) is 29.4. The molecule has 1 fully saturated rings. The van der Waals surface area contributed by atoms with Gasteiger partial charge in [-0.3, -0.25) is 18.9 Å². The lowest BCUT2D eigenvalue weighted by Crippen LogP contribution is -2.44. The molecule has 0 bridgehead atoms. The minimum atomic E-state index is -4.79. The van der Waals surface area contributed by atoms with E-state index in [1.54, 1.807) is 0 Å². The number of fused-ring (bicyclic) bond motifs is 3. The number of nitrogens with zero attached hydrogens (tertiary/aromatic N) is 3. The molecular weight excluding hydrogens is 621 g/mol. The second-order valence-corrected chi connectivity index (χ2v) is 13.0. The predicted molar refractivity (Wildman–Crippen MR) is 164 cm³/mol. The highest BCUT2D eigenvalue weighted by Crippen LogP contribution is 2.46. The van der Waals surface area contributed by atoms with Crippen molar-refractivity contribution in [2.45, 2.75) is 49.2 Å². The SMILES string of the molecule is O=c1[nH]c(N[C@@H]2c3c(cc4ccc5cccc6ccc3c4c56)[C@H](O)[C@@H](O)[C@H]2O)nc2c1ncn2[C@H]1C[C@H](O)[C@@H](COP(=O)(O)O)O1. The maximum Gasteiger partial charge on any atom is 0.469 e. The number of aromatic amines is 1. The molecule has 7 atom stereocenters. The number of hydrogen-bond donors (Lipinski definition) is 8. The molecule has 0 amide bonds. The largest absolute Gasteiger partial charge is 0.469 e. The van der Waals surface area contributed by atoms with Gasteiger partial charge in [-0.2, -0.15) is 4.98 Å². The quantitative estimate of drug-likeness (QED) is 0.0949. The Balaban J connectivity index is 1.21. The average molecular weight is 650 g/mol. The number of aromatic nitrogens is 4. The van der Waals surface area contributed by atoms with E-state index < -0.39 is 62.8 Å². The van der Waals surface area contributed by atoms with Crippen molar-refractivity contribution in [3.63, 3.8) is 0 Å². The third-order valence-electron chi connectivity index (χ3n) is 9.01. The first-order chi connectivity index (χ1) is 22.0. The highest BCUT2D eigenvalue weighted by molar-refractivity contribution is 7.46. The average Bonchev–Trinajstić information content (AvgIpc) is 3.62. The lowest BCUT2D eigenvalue weighted by molar-refractivity contribution is -0.0767. The lowest BCUT2D eigenvalue weighted by Gasteiger charge is -2.38. The Labute approximate surface area is 258 Å². The number of anilines is 1. The number of H-pyrrole nitrogens is 1. The number of aliphatic hydroxyl groups excluding tert-OH is 4. The zero-order chi connectivity index (χ0) is 32.1. The molecule has 16 heteroatoms. The van der Waals surface area contributed by atoms with Crippen LogP contribution < -0.4 is 10.9 Å². The Bertz CT molecular complexity index is 2240. The van der Waals surface area contributed by atoms with Crippen LogP contribution in [0.25, 0.3) is 43.5 Å². The molecule has 4 aromatic carbocycles. The van der Waals surface area contributed by atoms with Gasteiger partial charge in [-0.25, -0.2) is 9.55 Å². The van der Waals surface area contributed by atoms with Crippen molar-refractivity contribution in [2.24, 2.45) is 0 Å². The van der Waals surface area contributed by atoms with Crippen LogP contribution in [0.3, 0.4) is 0 Å². The zero-order valence-corrected chi connectivity index (χ0v) is 24.7. The summed E-state index contributed by atoms with van der Waals surface area (Å²) in [6, 6.07) is 14.6. The van der Waals surface area contributed by atoms with E-state index in [1.807, 2.05) is 48.5 Å². The van der Waals surface area contributed by atoms with E-state index in [0.29, 0.717) is 11.1 Å². The highest BCUT2D eigenvalue weighted by atomic mass is 31.2. The fourth-order valence-corrected chi connectivity index (χ4v) is 7.24. The molecule has 2 aliphatic rings. The molecule has 3 heterocycles. The van der Waals surface area contributed by atoms with Crippen molar-refractivity contribution in [1.82, 2.24) is 19.5 Å². The Morgan fingerprint density at radius 1 is 1.02 bits per heavy atom. The highest BCUT2D eigenvalue weighted by Gasteiger charge is 2.43. The van der Waals surface area contributed by atoms with Crippen LogP contribution in [0.5, 0.6) is 0 Å². The second-order valence-electron chi connectivity index (χ2n) is 11.7. The van der Waals surface area contributed by atoms with Gasteiger partial charge in [0.2, 0.25) is 5.95 Å². The number of imidazole rings is 1. The maximum absolute atomic E-state index is 13.1. The molecule has 8 rings (SSSR count). The molecule has 15 nitrogen and oxygen atoms in total. The number of phosphoric acid groups is 1. The topological polar surface area (TPSA) is 233 Å². The monoisotopic (exact) mass is 649 g/mol. The van der Waals surface area contributed by atoms with E-state index in [1.165, 1.54) is 10.9 Å². The number of hydrogen-bond acceptors (Lipinski definition) is 11. The second kappa shape index (κ2) is 10.5. The fraction of sp³-hybridized carbons (Fsp3) is 0.300. The number of aliphatic hydroxyl groups is 4. The van der Waals surface area contributed by atoms with Gasteiger partial charge < -0.3 is 40.3 Å². The standard InChI is InChI=1S/C30H28N5O10P/c36-17-9-19(45-18(17)10-44-46(41,42)43)35-11-31-24-28(35)33-30(34-29(24)40)32-23-22-15-7-6-13-3-1-2-12-4-5-14(21(15)20(12)13)8-16(22)25(37)27(39)26(23)38/h1-8,11,17-19,23,25-27,36-39H,9-10H2,(H2,41,42,43)(H2,32,33,34,40)/t17-,18+,19+,23+,25-,26-,27+/m0/s1. The number of rotatable bonds is 6. The number of phosphoric ester groups is 1. The van der Waals surface area contributed by atoms with Crippen LogP contribution in [0, 0.1) is 0 Å². The first-order valence-electron chi connectivity index (χ1n) is 14.5. The summed E-state index contributed by atoms with van der Waals surface area (Å²) in [6.07, 6.45) is -6.23. The van der Waals surface area contributed by atoms with Gasteiger partial charge in [0.05, 0.1) is 25.1 Å². The maximum atomic E-state index is 13.1. The normalized spacial score (nSPS) is 26.9. The van der Waals surface area contributed by atoms with Crippen LogP contribution in [0.2, 0.25) is 0 Å². The van der Waals surface area contributed by atoms with Crippen LogP contribution >= 0.6 is 7.82 Å². The Morgan fingerprint density at radius 2 is 1.76 bits per heavy atom. The summed E-state index contributed by atoms with van der Waals surface area (Å²) < 4.78 is 22.8. The summed E-state index contributed by atoms with van der Waals surface area (Å²) in [5.74, 6) is -0.0662. The van der Waals surface area contributed by atoms with Crippen molar-refractivity contribution in [3.05, 3.63) is 76.3 Å². The van der Waals surface area contributed by atoms with Gasteiger partial charge in [-0.15, -0.1) is 0 Å². The minimum absolute atomic E-state index is 0.00457. The molecule has 1 aliphatic carbocycles. The zero-order valence-electron chi connectivity index (χ0n) is 23.8. The molecule has 0 radical (unpaired) electrons.